The number of para-hydroxylation sites is 1. The largest absolute Gasteiger partial charge is 0.399 e. The van der Waals surface area contributed by atoms with Gasteiger partial charge in [-0.15, -0.1) is 0 Å². The predicted octanol–water partition coefficient (Wildman–Crippen LogP) is 3.59. The lowest BCUT2D eigenvalue weighted by Gasteiger charge is -2.13. The lowest BCUT2D eigenvalue weighted by atomic mass is 10.1. The summed E-state index contributed by atoms with van der Waals surface area (Å²) in [5.74, 6) is 0.342. The lowest BCUT2D eigenvalue weighted by Crippen LogP contribution is -2.03. The second-order valence-electron chi connectivity index (χ2n) is 5.40. The predicted molar refractivity (Wildman–Crippen MR) is 84.3 cm³/mol. The van der Waals surface area contributed by atoms with Crippen LogP contribution in [0.25, 0.3) is 22.4 Å². The van der Waals surface area contributed by atoms with Crippen molar-refractivity contribution in [2.45, 2.75) is 19.9 Å². The van der Waals surface area contributed by atoms with Gasteiger partial charge in [0.25, 0.3) is 0 Å². The summed E-state index contributed by atoms with van der Waals surface area (Å²) in [4.78, 5) is 4.46. The number of hydrogen-bond donors (Lipinski definition) is 2. The van der Waals surface area contributed by atoms with Gasteiger partial charge in [-0.25, -0.2) is 9.37 Å². The van der Waals surface area contributed by atoms with Gasteiger partial charge in [0, 0.05) is 23.0 Å². The van der Waals surface area contributed by atoms with Gasteiger partial charge >= 0.3 is 0 Å². The monoisotopic (exact) mass is 284 g/mol. The molecule has 0 saturated carbocycles. The van der Waals surface area contributed by atoms with E-state index in [0.29, 0.717) is 22.7 Å². The summed E-state index contributed by atoms with van der Waals surface area (Å²) in [7, 11) is 0. The molecule has 5 heteroatoms. The fraction of sp³-hybridized carbons (Fsp3) is 0.188. The number of rotatable bonds is 2. The van der Waals surface area contributed by atoms with Crippen molar-refractivity contribution >= 4 is 22.4 Å². The van der Waals surface area contributed by atoms with Crippen LogP contribution in [0.1, 0.15) is 19.9 Å². The average Bonchev–Trinajstić information content (AvgIpc) is 2.78. The van der Waals surface area contributed by atoms with E-state index < -0.39 is 0 Å². The SMILES string of the molecule is CC(C)n1c(-c2cc(N)cc(N)c2)nc2c(F)cccc21. The van der Waals surface area contributed by atoms with E-state index in [-0.39, 0.29) is 11.9 Å². The summed E-state index contributed by atoms with van der Waals surface area (Å²) in [6.07, 6.45) is 0. The Labute approximate surface area is 122 Å². The van der Waals surface area contributed by atoms with Crippen LogP contribution in [0.2, 0.25) is 0 Å². The van der Waals surface area contributed by atoms with Crippen molar-refractivity contribution in [2.75, 3.05) is 11.5 Å². The van der Waals surface area contributed by atoms with Crippen molar-refractivity contribution in [1.82, 2.24) is 9.55 Å². The molecule has 1 heterocycles. The van der Waals surface area contributed by atoms with Gasteiger partial charge < -0.3 is 16.0 Å². The third-order valence-electron chi connectivity index (χ3n) is 3.42. The molecule has 2 aromatic carbocycles. The smallest absolute Gasteiger partial charge is 0.151 e. The summed E-state index contributed by atoms with van der Waals surface area (Å²) in [6, 6.07) is 10.4. The number of hydrogen-bond acceptors (Lipinski definition) is 3. The normalized spacial score (nSPS) is 11.4. The zero-order chi connectivity index (χ0) is 15.1. The first-order valence-electron chi connectivity index (χ1n) is 6.80. The number of aromatic nitrogens is 2. The van der Waals surface area contributed by atoms with E-state index in [2.05, 4.69) is 4.98 Å². The fourth-order valence-electron chi connectivity index (χ4n) is 2.61. The van der Waals surface area contributed by atoms with Crippen molar-refractivity contribution in [2.24, 2.45) is 0 Å². The molecule has 0 bridgehead atoms. The Hall–Kier alpha value is -2.56. The first-order valence-corrected chi connectivity index (χ1v) is 6.80. The molecule has 0 spiro atoms. The highest BCUT2D eigenvalue weighted by atomic mass is 19.1. The number of nitrogens with two attached hydrogens (primary N) is 2. The summed E-state index contributed by atoms with van der Waals surface area (Å²) in [6.45, 7) is 4.07. The molecule has 4 nitrogen and oxygen atoms in total. The summed E-state index contributed by atoms with van der Waals surface area (Å²) in [5, 5.41) is 0. The third-order valence-corrected chi connectivity index (χ3v) is 3.42. The molecule has 0 fully saturated rings. The Morgan fingerprint density at radius 2 is 1.76 bits per heavy atom. The quantitative estimate of drug-likeness (QED) is 0.706. The molecular weight excluding hydrogens is 267 g/mol. The highest BCUT2D eigenvalue weighted by molar-refractivity contribution is 5.82. The van der Waals surface area contributed by atoms with Crippen LogP contribution in [0.4, 0.5) is 15.8 Å². The number of benzene rings is 2. The van der Waals surface area contributed by atoms with Gasteiger partial charge in [-0.3, -0.25) is 0 Å². The minimum absolute atomic E-state index is 0.134. The van der Waals surface area contributed by atoms with Crippen molar-refractivity contribution < 1.29 is 4.39 Å². The van der Waals surface area contributed by atoms with Gasteiger partial charge in [0.15, 0.2) is 5.82 Å². The number of anilines is 2. The van der Waals surface area contributed by atoms with Gasteiger partial charge in [0.2, 0.25) is 0 Å². The van der Waals surface area contributed by atoms with Crippen LogP contribution in [0.15, 0.2) is 36.4 Å². The topological polar surface area (TPSA) is 69.9 Å². The van der Waals surface area contributed by atoms with Crippen LogP contribution in [0.5, 0.6) is 0 Å². The van der Waals surface area contributed by atoms with Crippen LogP contribution < -0.4 is 11.5 Å². The van der Waals surface area contributed by atoms with Crippen LogP contribution >= 0.6 is 0 Å². The zero-order valence-corrected chi connectivity index (χ0v) is 12.0. The molecule has 0 aliphatic carbocycles. The maximum Gasteiger partial charge on any atom is 0.151 e. The highest BCUT2D eigenvalue weighted by Gasteiger charge is 2.17. The molecule has 0 unspecified atom stereocenters. The second kappa shape index (κ2) is 4.77. The van der Waals surface area contributed by atoms with E-state index in [4.69, 9.17) is 11.5 Å². The minimum atomic E-state index is -0.329. The number of fused-ring (bicyclic) bond motifs is 1. The number of nitrogens with zero attached hydrogens (tertiary/aromatic N) is 2. The Balaban J connectivity index is 2.36. The van der Waals surface area contributed by atoms with E-state index >= 15 is 0 Å². The Morgan fingerprint density at radius 3 is 2.38 bits per heavy atom. The van der Waals surface area contributed by atoms with Crippen LogP contribution in [0.3, 0.4) is 0 Å². The fourth-order valence-corrected chi connectivity index (χ4v) is 2.61. The molecule has 0 saturated heterocycles. The van der Waals surface area contributed by atoms with Gasteiger partial charge in [0.1, 0.15) is 11.3 Å². The van der Waals surface area contributed by atoms with E-state index in [0.717, 1.165) is 11.1 Å². The maximum absolute atomic E-state index is 14.0. The van der Waals surface area contributed by atoms with Crippen molar-refractivity contribution in [3.8, 4) is 11.4 Å². The molecule has 21 heavy (non-hydrogen) atoms. The van der Waals surface area contributed by atoms with Crippen LogP contribution in [-0.4, -0.2) is 9.55 Å². The Morgan fingerprint density at radius 1 is 1.10 bits per heavy atom. The maximum atomic E-state index is 14.0. The van der Waals surface area contributed by atoms with Crippen LogP contribution in [-0.2, 0) is 0 Å². The Bertz CT molecular complexity index is 800. The molecule has 0 amide bonds. The van der Waals surface area contributed by atoms with Gasteiger partial charge in [0.05, 0.1) is 5.52 Å². The first-order chi connectivity index (χ1) is 9.97. The van der Waals surface area contributed by atoms with Crippen molar-refractivity contribution in [3.63, 3.8) is 0 Å². The van der Waals surface area contributed by atoms with Gasteiger partial charge in [-0.05, 0) is 44.2 Å². The van der Waals surface area contributed by atoms with E-state index in [1.54, 1.807) is 24.3 Å². The summed E-state index contributed by atoms with van der Waals surface area (Å²) >= 11 is 0. The molecule has 108 valence electrons. The molecule has 3 aromatic rings. The van der Waals surface area contributed by atoms with E-state index in [1.165, 1.54) is 6.07 Å². The number of imidazole rings is 1. The molecule has 3 rings (SSSR count). The average molecular weight is 284 g/mol. The summed E-state index contributed by atoms with van der Waals surface area (Å²) < 4.78 is 16.0. The summed E-state index contributed by atoms with van der Waals surface area (Å²) in [5.41, 5.74) is 14.8. The van der Waals surface area contributed by atoms with Crippen molar-refractivity contribution in [3.05, 3.63) is 42.2 Å². The first kappa shape index (κ1) is 13.4. The minimum Gasteiger partial charge on any atom is -0.399 e. The third kappa shape index (κ3) is 2.20. The molecule has 1 aromatic heterocycles. The van der Waals surface area contributed by atoms with Gasteiger partial charge in [-0.1, -0.05) is 6.07 Å². The Kier molecular flexibility index (Phi) is 3.05. The highest BCUT2D eigenvalue weighted by Crippen LogP contribution is 2.31. The van der Waals surface area contributed by atoms with Crippen LogP contribution in [0, 0.1) is 5.82 Å². The molecular formula is C16H17FN4. The van der Waals surface area contributed by atoms with E-state index in [1.807, 2.05) is 24.5 Å². The molecule has 4 N–H and O–H groups in total. The molecule has 0 aliphatic rings. The van der Waals surface area contributed by atoms with Crippen molar-refractivity contribution in [1.29, 1.82) is 0 Å². The second-order valence-corrected chi connectivity index (χ2v) is 5.40. The lowest BCUT2D eigenvalue weighted by molar-refractivity contribution is 0.623. The number of halogens is 1. The van der Waals surface area contributed by atoms with E-state index in [9.17, 15) is 4.39 Å². The molecule has 0 aliphatic heterocycles. The zero-order valence-electron chi connectivity index (χ0n) is 12.0. The molecule has 0 atom stereocenters. The number of nitrogen functional groups attached to an aromatic ring is 2. The van der Waals surface area contributed by atoms with Gasteiger partial charge in [-0.2, -0.15) is 0 Å². The molecule has 0 radical (unpaired) electrons. The standard InChI is InChI=1S/C16H17FN4/c1-9(2)21-14-5-3-4-13(17)15(14)20-16(21)10-6-11(18)8-12(19)7-10/h3-9H,18-19H2,1-2H3.